The third kappa shape index (κ3) is 3.52. The molecule has 1 heterocycles. The highest BCUT2D eigenvalue weighted by Gasteiger charge is 2.42. The van der Waals surface area contributed by atoms with Crippen LogP contribution in [0.1, 0.15) is 31.2 Å². The molecule has 1 aromatic heterocycles. The SMILES string of the molecule is CN(Cc1cn[nH]c1)C(=O)C1CCC(C(F)(F)F)CC1. The summed E-state index contributed by atoms with van der Waals surface area (Å²) < 4.78 is 37.7. The van der Waals surface area contributed by atoms with Gasteiger partial charge in [0.05, 0.1) is 12.1 Å². The topological polar surface area (TPSA) is 49.0 Å². The summed E-state index contributed by atoms with van der Waals surface area (Å²) in [5, 5.41) is 6.46. The van der Waals surface area contributed by atoms with Gasteiger partial charge in [0.1, 0.15) is 0 Å². The van der Waals surface area contributed by atoms with Crippen molar-refractivity contribution in [2.24, 2.45) is 11.8 Å². The van der Waals surface area contributed by atoms with Crippen LogP contribution in [0.15, 0.2) is 12.4 Å². The van der Waals surface area contributed by atoms with Gasteiger partial charge in [-0.15, -0.1) is 0 Å². The fourth-order valence-electron chi connectivity index (χ4n) is 2.70. The molecular weight excluding hydrogens is 271 g/mol. The maximum absolute atomic E-state index is 12.6. The molecule has 20 heavy (non-hydrogen) atoms. The molecule has 1 fully saturated rings. The molecule has 0 aliphatic heterocycles. The number of rotatable bonds is 3. The number of aromatic amines is 1. The maximum atomic E-state index is 12.6. The van der Waals surface area contributed by atoms with Crippen LogP contribution in [-0.2, 0) is 11.3 Å². The molecule has 1 saturated carbocycles. The number of alkyl halides is 3. The molecule has 0 atom stereocenters. The van der Waals surface area contributed by atoms with E-state index < -0.39 is 12.1 Å². The second-order valence-electron chi connectivity index (χ2n) is 5.39. The van der Waals surface area contributed by atoms with Crippen LogP contribution in [0.3, 0.4) is 0 Å². The Morgan fingerprint density at radius 1 is 1.40 bits per heavy atom. The number of hydrogen-bond acceptors (Lipinski definition) is 2. The fraction of sp³-hybridized carbons (Fsp3) is 0.692. The average molecular weight is 289 g/mol. The number of aromatic nitrogens is 2. The standard InChI is InChI=1S/C13H18F3N3O/c1-19(8-9-6-17-18-7-9)12(20)10-2-4-11(5-3-10)13(14,15)16/h6-7,10-11H,2-5,8H2,1H3,(H,17,18). The van der Waals surface area contributed by atoms with Crippen LogP contribution >= 0.6 is 0 Å². The van der Waals surface area contributed by atoms with Gasteiger partial charge in [0.25, 0.3) is 0 Å². The van der Waals surface area contributed by atoms with E-state index in [9.17, 15) is 18.0 Å². The highest BCUT2D eigenvalue weighted by molar-refractivity contribution is 5.78. The van der Waals surface area contributed by atoms with E-state index >= 15 is 0 Å². The number of H-pyrrole nitrogens is 1. The lowest BCUT2D eigenvalue weighted by atomic mass is 9.81. The summed E-state index contributed by atoms with van der Waals surface area (Å²) in [4.78, 5) is 13.8. The van der Waals surface area contributed by atoms with Gasteiger partial charge in [0, 0.05) is 31.3 Å². The van der Waals surface area contributed by atoms with Crippen LogP contribution in [0.25, 0.3) is 0 Å². The van der Waals surface area contributed by atoms with E-state index in [0.717, 1.165) is 5.56 Å². The Labute approximate surface area is 115 Å². The van der Waals surface area contributed by atoms with Crippen molar-refractivity contribution >= 4 is 5.91 Å². The molecule has 4 nitrogen and oxygen atoms in total. The lowest BCUT2D eigenvalue weighted by molar-refractivity contribution is -0.185. The first-order valence-electron chi connectivity index (χ1n) is 6.67. The van der Waals surface area contributed by atoms with Crippen molar-refractivity contribution < 1.29 is 18.0 Å². The van der Waals surface area contributed by atoms with E-state index in [4.69, 9.17) is 0 Å². The van der Waals surface area contributed by atoms with Gasteiger partial charge >= 0.3 is 6.18 Å². The number of hydrogen-bond donors (Lipinski definition) is 1. The minimum Gasteiger partial charge on any atom is -0.341 e. The Morgan fingerprint density at radius 3 is 2.55 bits per heavy atom. The fourth-order valence-corrected chi connectivity index (χ4v) is 2.70. The summed E-state index contributed by atoms with van der Waals surface area (Å²) in [7, 11) is 1.67. The third-order valence-corrected chi connectivity index (χ3v) is 3.89. The Kier molecular flexibility index (Phi) is 4.35. The van der Waals surface area contributed by atoms with Gasteiger partial charge in [-0.05, 0) is 25.7 Å². The predicted molar refractivity (Wildman–Crippen MR) is 66.6 cm³/mol. The molecule has 0 saturated heterocycles. The molecule has 0 bridgehead atoms. The Balaban J connectivity index is 1.85. The Morgan fingerprint density at radius 2 is 2.05 bits per heavy atom. The average Bonchev–Trinajstić information content (AvgIpc) is 2.90. The summed E-state index contributed by atoms with van der Waals surface area (Å²) in [6, 6.07) is 0. The Hall–Kier alpha value is -1.53. The predicted octanol–water partition coefficient (Wildman–Crippen LogP) is 2.74. The molecule has 112 valence electrons. The van der Waals surface area contributed by atoms with Crippen molar-refractivity contribution in [2.75, 3.05) is 7.05 Å². The van der Waals surface area contributed by atoms with Crippen LogP contribution in [-0.4, -0.2) is 34.2 Å². The zero-order valence-electron chi connectivity index (χ0n) is 11.3. The lowest BCUT2D eigenvalue weighted by Gasteiger charge is -2.31. The first kappa shape index (κ1) is 14.9. The second-order valence-corrected chi connectivity index (χ2v) is 5.39. The van der Waals surface area contributed by atoms with E-state index in [1.165, 1.54) is 0 Å². The maximum Gasteiger partial charge on any atom is 0.391 e. The van der Waals surface area contributed by atoms with Gasteiger partial charge < -0.3 is 4.90 Å². The van der Waals surface area contributed by atoms with Gasteiger partial charge in [0.15, 0.2) is 0 Å². The quantitative estimate of drug-likeness (QED) is 0.930. The summed E-state index contributed by atoms with van der Waals surface area (Å²) in [6.07, 6.45) is -0.0538. The number of nitrogens with zero attached hydrogens (tertiary/aromatic N) is 2. The third-order valence-electron chi connectivity index (χ3n) is 3.89. The number of carbonyl (C=O) groups excluding carboxylic acids is 1. The van der Waals surface area contributed by atoms with Crippen molar-refractivity contribution in [3.05, 3.63) is 18.0 Å². The molecule has 1 aliphatic rings. The molecule has 7 heteroatoms. The molecule has 1 aromatic rings. The van der Waals surface area contributed by atoms with Crippen LogP contribution in [0.5, 0.6) is 0 Å². The van der Waals surface area contributed by atoms with Crippen molar-refractivity contribution in [2.45, 2.75) is 38.4 Å². The molecule has 1 amide bonds. The molecule has 1 N–H and O–H groups in total. The van der Waals surface area contributed by atoms with Crippen molar-refractivity contribution in [3.8, 4) is 0 Å². The van der Waals surface area contributed by atoms with E-state index in [1.807, 2.05) is 0 Å². The van der Waals surface area contributed by atoms with Gasteiger partial charge in [0.2, 0.25) is 5.91 Å². The van der Waals surface area contributed by atoms with E-state index in [0.29, 0.717) is 19.4 Å². The smallest absolute Gasteiger partial charge is 0.341 e. The number of halogens is 3. The van der Waals surface area contributed by atoms with Crippen LogP contribution in [0, 0.1) is 11.8 Å². The number of nitrogens with one attached hydrogen (secondary N) is 1. The summed E-state index contributed by atoms with van der Waals surface area (Å²) in [5.41, 5.74) is 0.879. The second kappa shape index (κ2) is 5.85. The van der Waals surface area contributed by atoms with Crippen molar-refractivity contribution in [3.63, 3.8) is 0 Å². The van der Waals surface area contributed by atoms with Gasteiger partial charge in [-0.25, -0.2) is 0 Å². The summed E-state index contributed by atoms with van der Waals surface area (Å²) >= 11 is 0. The van der Waals surface area contributed by atoms with Gasteiger partial charge in [-0.3, -0.25) is 9.89 Å². The molecule has 0 aromatic carbocycles. The zero-order chi connectivity index (χ0) is 14.8. The molecule has 2 rings (SSSR count). The summed E-state index contributed by atoms with van der Waals surface area (Å²) in [5.74, 6) is -1.61. The minimum absolute atomic E-state index is 0.0550. The van der Waals surface area contributed by atoms with E-state index in [1.54, 1.807) is 24.3 Å². The van der Waals surface area contributed by atoms with E-state index in [2.05, 4.69) is 10.2 Å². The number of carbonyl (C=O) groups is 1. The minimum atomic E-state index is -4.13. The van der Waals surface area contributed by atoms with Gasteiger partial charge in [-0.2, -0.15) is 18.3 Å². The van der Waals surface area contributed by atoms with Gasteiger partial charge in [-0.1, -0.05) is 0 Å². The first-order valence-corrected chi connectivity index (χ1v) is 6.67. The van der Waals surface area contributed by atoms with Crippen LogP contribution < -0.4 is 0 Å². The highest BCUT2D eigenvalue weighted by atomic mass is 19.4. The molecular formula is C13H18F3N3O. The molecule has 0 unspecified atom stereocenters. The highest BCUT2D eigenvalue weighted by Crippen LogP contribution is 2.39. The lowest BCUT2D eigenvalue weighted by Crippen LogP contribution is -2.36. The largest absolute Gasteiger partial charge is 0.391 e. The molecule has 1 aliphatic carbocycles. The van der Waals surface area contributed by atoms with Crippen LogP contribution in [0.2, 0.25) is 0 Å². The Bertz CT molecular complexity index is 436. The summed E-state index contributed by atoms with van der Waals surface area (Å²) in [6.45, 7) is 0.425. The number of amides is 1. The normalized spacial score (nSPS) is 23.6. The monoisotopic (exact) mass is 289 g/mol. The van der Waals surface area contributed by atoms with Crippen LogP contribution in [0.4, 0.5) is 13.2 Å². The van der Waals surface area contributed by atoms with Crippen molar-refractivity contribution in [1.82, 2.24) is 15.1 Å². The van der Waals surface area contributed by atoms with E-state index in [-0.39, 0.29) is 24.7 Å². The zero-order valence-corrected chi connectivity index (χ0v) is 11.3. The first-order chi connectivity index (χ1) is 9.38. The molecule has 0 radical (unpaired) electrons. The molecule has 0 spiro atoms. The van der Waals surface area contributed by atoms with Crippen molar-refractivity contribution in [1.29, 1.82) is 0 Å².